The fourth-order valence-corrected chi connectivity index (χ4v) is 5.12. The monoisotopic (exact) mass is 460 g/mol. The fourth-order valence-electron chi connectivity index (χ4n) is 5.12. The number of aromatic nitrogens is 6. The summed E-state index contributed by atoms with van der Waals surface area (Å²) in [6.07, 6.45) is 9.00. The van der Waals surface area contributed by atoms with Crippen molar-refractivity contribution in [3.63, 3.8) is 0 Å². The Morgan fingerprint density at radius 3 is 2.82 bits per heavy atom. The number of nitrogens with zero attached hydrogens (tertiary/aromatic N) is 8. The summed E-state index contributed by atoms with van der Waals surface area (Å²) in [6.45, 7) is 4.36. The fraction of sp³-hybridized carbons (Fsp3) is 0.435. The van der Waals surface area contributed by atoms with Crippen LogP contribution in [0.25, 0.3) is 22.1 Å². The molecule has 176 valence electrons. The summed E-state index contributed by atoms with van der Waals surface area (Å²) >= 11 is 0. The van der Waals surface area contributed by atoms with E-state index in [9.17, 15) is 4.79 Å². The summed E-state index contributed by atoms with van der Waals surface area (Å²) in [7, 11) is 2.01. The van der Waals surface area contributed by atoms with Gasteiger partial charge in [-0.15, -0.1) is 0 Å². The van der Waals surface area contributed by atoms with Crippen molar-refractivity contribution in [2.45, 2.75) is 18.9 Å². The van der Waals surface area contributed by atoms with Gasteiger partial charge in [-0.2, -0.15) is 0 Å². The number of carbonyl (C=O) groups excluding carboxylic acids is 1. The van der Waals surface area contributed by atoms with Gasteiger partial charge in [0.25, 0.3) is 0 Å². The molecular formula is C23H28N10O. The molecule has 4 aromatic rings. The summed E-state index contributed by atoms with van der Waals surface area (Å²) in [5.41, 5.74) is 2.47. The largest absolute Gasteiger partial charge is 0.351 e. The molecule has 0 unspecified atom stereocenters. The molecule has 2 aliphatic rings. The molecular weight excluding hydrogens is 432 g/mol. The van der Waals surface area contributed by atoms with Gasteiger partial charge in [-0.05, 0) is 31.5 Å². The van der Waals surface area contributed by atoms with Gasteiger partial charge in [-0.25, -0.2) is 24.7 Å². The Morgan fingerprint density at radius 1 is 1.12 bits per heavy atom. The highest BCUT2D eigenvalue weighted by atomic mass is 16.2. The maximum atomic E-state index is 14.0. The second-order valence-corrected chi connectivity index (χ2v) is 8.92. The molecule has 2 N–H and O–H groups in total. The van der Waals surface area contributed by atoms with E-state index in [-0.39, 0.29) is 12.1 Å². The van der Waals surface area contributed by atoms with Crippen molar-refractivity contribution < 1.29 is 4.79 Å². The Balaban J connectivity index is 1.28. The molecule has 2 saturated heterocycles. The molecule has 4 aromatic heterocycles. The standard InChI is InChI=1S/C23H28N10O/c1-30-8-5-16-4-7-25-22(19(16)30)33(17-3-2-6-24-13-17)23(34)32-11-9-31(10-12-32)21-18-20(27-14-26-18)28-15-29-21/h4-5,7-8,14-15,17,24H,2-3,6,9-13H2,1H3,(H,26,27,28,29)/t17-/m1/s1. The summed E-state index contributed by atoms with van der Waals surface area (Å²) in [5.74, 6) is 1.57. The highest BCUT2D eigenvalue weighted by Crippen LogP contribution is 2.30. The van der Waals surface area contributed by atoms with Crippen molar-refractivity contribution in [3.8, 4) is 0 Å². The normalized spacial score (nSPS) is 19.1. The first-order chi connectivity index (χ1) is 16.7. The SMILES string of the molecule is Cn1ccc2ccnc(N(C(=O)N3CCN(c4ncnc5nc[nH]c45)CC3)[C@@H]3CCCNC3)c21. The zero-order valence-electron chi connectivity index (χ0n) is 19.2. The molecule has 2 fully saturated rings. The van der Waals surface area contributed by atoms with Gasteiger partial charge in [0.05, 0.1) is 17.9 Å². The Kier molecular flexibility index (Phi) is 5.25. The number of imidazole rings is 1. The quantitative estimate of drug-likeness (QED) is 0.479. The number of urea groups is 1. The van der Waals surface area contributed by atoms with Crippen LogP contribution in [0.2, 0.25) is 0 Å². The number of amides is 2. The van der Waals surface area contributed by atoms with Crippen LogP contribution in [-0.2, 0) is 7.05 Å². The number of hydrogen-bond donors (Lipinski definition) is 2. The number of anilines is 2. The third kappa shape index (κ3) is 3.52. The number of piperidine rings is 1. The second-order valence-electron chi connectivity index (χ2n) is 8.92. The van der Waals surface area contributed by atoms with Gasteiger partial charge in [0.15, 0.2) is 17.3 Å². The van der Waals surface area contributed by atoms with Gasteiger partial charge >= 0.3 is 6.03 Å². The lowest BCUT2D eigenvalue weighted by atomic mass is 10.1. The minimum atomic E-state index is 0.0175. The first-order valence-electron chi connectivity index (χ1n) is 11.8. The number of carbonyl (C=O) groups is 1. The Bertz CT molecular complexity index is 1320. The summed E-state index contributed by atoms with van der Waals surface area (Å²) in [5, 5.41) is 4.55. The van der Waals surface area contributed by atoms with Gasteiger partial charge in [0, 0.05) is 57.6 Å². The van der Waals surface area contributed by atoms with E-state index < -0.39 is 0 Å². The molecule has 0 aliphatic carbocycles. The van der Waals surface area contributed by atoms with Crippen molar-refractivity contribution in [3.05, 3.63) is 37.2 Å². The van der Waals surface area contributed by atoms with Gasteiger partial charge in [-0.1, -0.05) is 0 Å². The number of pyridine rings is 1. The highest BCUT2D eigenvalue weighted by Gasteiger charge is 2.34. The predicted molar refractivity (Wildman–Crippen MR) is 130 cm³/mol. The average molecular weight is 461 g/mol. The molecule has 0 radical (unpaired) electrons. The van der Waals surface area contributed by atoms with Gasteiger partial charge in [0.2, 0.25) is 0 Å². The number of nitrogens with one attached hydrogen (secondary N) is 2. The molecule has 6 heterocycles. The number of H-pyrrole nitrogens is 1. The van der Waals surface area contributed by atoms with E-state index in [2.05, 4.69) is 40.8 Å². The van der Waals surface area contributed by atoms with Crippen LogP contribution in [0.15, 0.2) is 37.2 Å². The molecule has 0 aromatic carbocycles. The molecule has 6 rings (SSSR count). The van der Waals surface area contributed by atoms with Crippen LogP contribution >= 0.6 is 0 Å². The van der Waals surface area contributed by atoms with E-state index in [4.69, 9.17) is 4.98 Å². The van der Waals surface area contributed by atoms with Crippen LogP contribution < -0.4 is 15.1 Å². The van der Waals surface area contributed by atoms with Crippen LogP contribution in [0.4, 0.5) is 16.4 Å². The number of fused-ring (bicyclic) bond motifs is 2. The lowest BCUT2D eigenvalue weighted by Gasteiger charge is -2.41. The van der Waals surface area contributed by atoms with Crippen LogP contribution in [0, 0.1) is 0 Å². The van der Waals surface area contributed by atoms with E-state index in [1.807, 2.05) is 29.1 Å². The number of hydrogen-bond acceptors (Lipinski definition) is 7. The third-order valence-electron chi connectivity index (χ3n) is 6.89. The molecule has 2 amide bonds. The molecule has 0 spiro atoms. The van der Waals surface area contributed by atoms with Crippen molar-refractivity contribution >= 4 is 39.7 Å². The maximum Gasteiger partial charge on any atom is 0.326 e. The summed E-state index contributed by atoms with van der Waals surface area (Å²) < 4.78 is 2.05. The number of piperazine rings is 1. The van der Waals surface area contributed by atoms with Gasteiger partial charge < -0.3 is 24.7 Å². The lowest BCUT2D eigenvalue weighted by molar-refractivity contribution is 0.196. The molecule has 11 heteroatoms. The van der Waals surface area contributed by atoms with E-state index in [0.717, 1.165) is 54.0 Å². The van der Waals surface area contributed by atoms with Crippen molar-refractivity contribution in [2.75, 3.05) is 49.1 Å². The van der Waals surface area contributed by atoms with Crippen molar-refractivity contribution in [1.29, 1.82) is 0 Å². The maximum absolute atomic E-state index is 14.0. The lowest BCUT2D eigenvalue weighted by Crippen LogP contribution is -2.58. The Labute approximate surface area is 196 Å². The third-order valence-corrected chi connectivity index (χ3v) is 6.89. The predicted octanol–water partition coefficient (Wildman–Crippen LogP) is 1.74. The van der Waals surface area contributed by atoms with Crippen LogP contribution in [0.5, 0.6) is 0 Å². The van der Waals surface area contributed by atoms with Crippen LogP contribution in [0.3, 0.4) is 0 Å². The molecule has 1 atom stereocenters. The first kappa shape index (κ1) is 20.8. The molecule has 34 heavy (non-hydrogen) atoms. The number of aryl methyl sites for hydroxylation is 1. The molecule has 0 bridgehead atoms. The highest BCUT2D eigenvalue weighted by molar-refractivity contribution is 6.00. The molecule has 0 saturated carbocycles. The number of aromatic amines is 1. The van der Waals surface area contributed by atoms with Crippen molar-refractivity contribution in [1.82, 2.24) is 39.7 Å². The molecule has 2 aliphatic heterocycles. The topological polar surface area (TPSA) is 111 Å². The van der Waals surface area contributed by atoms with E-state index in [1.54, 1.807) is 18.9 Å². The van der Waals surface area contributed by atoms with E-state index >= 15 is 0 Å². The van der Waals surface area contributed by atoms with Gasteiger partial charge in [0.1, 0.15) is 11.8 Å². The van der Waals surface area contributed by atoms with Gasteiger partial charge in [-0.3, -0.25) is 4.90 Å². The Hall–Kier alpha value is -3.73. The summed E-state index contributed by atoms with van der Waals surface area (Å²) in [4.78, 5) is 40.8. The van der Waals surface area contributed by atoms with Crippen LogP contribution in [0.1, 0.15) is 12.8 Å². The number of rotatable bonds is 3. The second kappa shape index (κ2) is 8.56. The average Bonchev–Trinajstić information content (AvgIpc) is 3.52. The summed E-state index contributed by atoms with van der Waals surface area (Å²) in [6, 6.07) is 4.15. The van der Waals surface area contributed by atoms with E-state index in [0.29, 0.717) is 31.8 Å². The Morgan fingerprint density at radius 2 is 2.00 bits per heavy atom. The molecule has 11 nitrogen and oxygen atoms in total. The van der Waals surface area contributed by atoms with Crippen LogP contribution in [-0.4, -0.2) is 85.7 Å². The minimum absolute atomic E-state index is 0.0175. The zero-order valence-corrected chi connectivity index (χ0v) is 19.2. The smallest absolute Gasteiger partial charge is 0.326 e. The van der Waals surface area contributed by atoms with E-state index in [1.165, 1.54) is 0 Å². The minimum Gasteiger partial charge on any atom is -0.351 e. The first-order valence-corrected chi connectivity index (χ1v) is 11.8. The van der Waals surface area contributed by atoms with Crippen molar-refractivity contribution in [2.24, 2.45) is 7.05 Å². The zero-order chi connectivity index (χ0) is 23.1.